The summed E-state index contributed by atoms with van der Waals surface area (Å²) >= 11 is 6.18. The molecule has 0 radical (unpaired) electrons. The zero-order chi connectivity index (χ0) is 28.0. The van der Waals surface area contributed by atoms with Crippen molar-refractivity contribution >= 4 is 21.4 Å². The minimum absolute atomic E-state index is 0.0563. The van der Waals surface area contributed by atoms with E-state index in [4.69, 9.17) is 11.6 Å². The summed E-state index contributed by atoms with van der Waals surface area (Å²) in [6.07, 6.45) is 2.47. The molecule has 4 aromatic rings. The predicted octanol–water partition coefficient (Wildman–Crippen LogP) is 5.32. The predicted molar refractivity (Wildman–Crippen MR) is 137 cm³/mol. The van der Waals surface area contributed by atoms with Crippen LogP contribution in [-0.2, 0) is 28.5 Å². The number of hydrogen-bond acceptors (Lipinski definition) is 5. The van der Waals surface area contributed by atoms with E-state index in [9.17, 15) is 27.4 Å². The minimum Gasteiger partial charge on any atom is -0.392 e. The fourth-order valence-electron chi connectivity index (χ4n) is 4.03. The second-order valence-electron chi connectivity index (χ2n) is 9.42. The molecule has 0 unspecified atom stereocenters. The molecule has 0 saturated heterocycles. The van der Waals surface area contributed by atoms with E-state index in [0.717, 1.165) is 24.5 Å². The van der Waals surface area contributed by atoms with Crippen LogP contribution in [0.4, 0.5) is 13.2 Å². The van der Waals surface area contributed by atoms with Crippen molar-refractivity contribution in [3.8, 4) is 16.8 Å². The van der Waals surface area contributed by atoms with Gasteiger partial charge in [-0.25, -0.2) is 26.6 Å². The number of aliphatic hydroxyl groups is 2. The third-order valence-corrected chi connectivity index (χ3v) is 7.54. The molecule has 3 aromatic carbocycles. The highest BCUT2D eigenvalue weighted by Gasteiger charge is 2.24. The second-order valence-corrected chi connectivity index (χ2v) is 11.8. The summed E-state index contributed by atoms with van der Waals surface area (Å²) < 4.78 is 69.4. The monoisotopic (exact) mass is 564 g/mol. The summed E-state index contributed by atoms with van der Waals surface area (Å²) in [4.78, 5) is 4.07. The van der Waals surface area contributed by atoms with Crippen LogP contribution in [0.1, 0.15) is 36.5 Å². The van der Waals surface area contributed by atoms with Gasteiger partial charge >= 0.3 is 0 Å². The highest BCUT2D eigenvalue weighted by atomic mass is 35.5. The van der Waals surface area contributed by atoms with Gasteiger partial charge in [0.1, 0.15) is 28.9 Å². The SMILES string of the molecule is CC(C)(O)c1cn(-c2ccc(-c3cc(F)c(CO)c(S(C)(=O)=O)c3)cc2F)c(Cc2ccc(F)cc2Cl)n1. The lowest BCUT2D eigenvalue weighted by Gasteiger charge is -2.14. The molecule has 1 heterocycles. The van der Waals surface area contributed by atoms with E-state index in [1.807, 2.05) is 0 Å². The Bertz CT molecular complexity index is 1650. The van der Waals surface area contributed by atoms with Gasteiger partial charge in [0, 0.05) is 29.5 Å². The van der Waals surface area contributed by atoms with E-state index >= 15 is 4.39 Å². The van der Waals surface area contributed by atoms with Crippen molar-refractivity contribution in [3.05, 3.63) is 99.8 Å². The van der Waals surface area contributed by atoms with E-state index in [1.54, 1.807) is 0 Å². The maximum atomic E-state index is 15.5. The standard InChI is InChI=1S/C27H24ClF3N2O4S/c1-27(2,35)25-13-33(26(32-25)11-16-4-6-18(29)12-20(16)28)23-7-5-15(8-22(23)31)17-9-21(30)19(14-34)24(10-17)38(3,36)37/h4-10,12-13,34-35H,11,14H2,1-3H3. The number of imidazole rings is 1. The number of halogens is 4. The Labute approximate surface area is 222 Å². The topological polar surface area (TPSA) is 92.4 Å². The maximum Gasteiger partial charge on any atom is 0.176 e. The van der Waals surface area contributed by atoms with Crippen molar-refractivity contribution in [2.75, 3.05) is 6.26 Å². The molecule has 0 aliphatic carbocycles. The van der Waals surface area contributed by atoms with Gasteiger partial charge in [-0.2, -0.15) is 0 Å². The molecule has 0 saturated carbocycles. The summed E-state index contributed by atoms with van der Waals surface area (Å²) in [5.41, 5.74) is -0.564. The highest BCUT2D eigenvalue weighted by Crippen LogP contribution is 2.32. The Morgan fingerprint density at radius 1 is 1.00 bits per heavy atom. The van der Waals surface area contributed by atoms with Gasteiger partial charge in [0.05, 0.1) is 22.9 Å². The van der Waals surface area contributed by atoms with Gasteiger partial charge in [-0.1, -0.05) is 23.7 Å². The van der Waals surface area contributed by atoms with E-state index in [0.29, 0.717) is 11.4 Å². The second kappa shape index (κ2) is 10.2. The Balaban J connectivity index is 1.82. The fraction of sp³-hybridized carbons (Fsp3) is 0.222. The number of rotatable bonds is 7. The van der Waals surface area contributed by atoms with Crippen molar-refractivity contribution in [2.45, 2.75) is 37.4 Å². The van der Waals surface area contributed by atoms with Gasteiger partial charge in [-0.15, -0.1) is 0 Å². The normalized spacial score (nSPS) is 12.2. The molecule has 6 nitrogen and oxygen atoms in total. The average Bonchev–Trinajstić information content (AvgIpc) is 3.24. The van der Waals surface area contributed by atoms with Crippen molar-refractivity contribution in [2.24, 2.45) is 0 Å². The van der Waals surface area contributed by atoms with Gasteiger partial charge in [0.2, 0.25) is 0 Å². The molecule has 0 fully saturated rings. The zero-order valence-corrected chi connectivity index (χ0v) is 22.2. The van der Waals surface area contributed by atoms with Gasteiger partial charge in [-0.05, 0) is 66.9 Å². The van der Waals surface area contributed by atoms with Gasteiger partial charge in [0.15, 0.2) is 9.84 Å². The van der Waals surface area contributed by atoms with Crippen LogP contribution in [0.15, 0.2) is 59.6 Å². The molecule has 4 rings (SSSR count). The molecule has 38 heavy (non-hydrogen) atoms. The lowest BCUT2D eigenvalue weighted by atomic mass is 10.0. The maximum absolute atomic E-state index is 15.5. The lowest BCUT2D eigenvalue weighted by Crippen LogP contribution is -2.16. The minimum atomic E-state index is -3.88. The van der Waals surface area contributed by atoms with Crippen molar-refractivity contribution in [1.29, 1.82) is 0 Å². The highest BCUT2D eigenvalue weighted by molar-refractivity contribution is 7.90. The summed E-state index contributed by atoms with van der Waals surface area (Å²) in [7, 11) is -3.88. The van der Waals surface area contributed by atoms with Gasteiger partial charge in [-0.3, -0.25) is 0 Å². The zero-order valence-electron chi connectivity index (χ0n) is 20.6. The molecule has 0 atom stereocenters. The van der Waals surface area contributed by atoms with Crippen molar-refractivity contribution in [1.82, 2.24) is 9.55 Å². The number of sulfone groups is 1. The Morgan fingerprint density at radius 2 is 1.68 bits per heavy atom. The molecule has 0 bridgehead atoms. The van der Waals surface area contributed by atoms with Crippen LogP contribution in [0.2, 0.25) is 5.02 Å². The van der Waals surface area contributed by atoms with Crippen LogP contribution >= 0.6 is 11.6 Å². The Hall–Kier alpha value is -3.18. The van der Waals surface area contributed by atoms with Gasteiger partial charge < -0.3 is 14.8 Å². The molecular weight excluding hydrogens is 541 g/mol. The number of aromatic nitrogens is 2. The summed E-state index contributed by atoms with van der Waals surface area (Å²) in [5, 5.41) is 20.1. The van der Waals surface area contributed by atoms with Crippen LogP contribution in [-0.4, -0.2) is 34.4 Å². The quantitative estimate of drug-likeness (QED) is 0.317. The van der Waals surface area contributed by atoms with Crippen LogP contribution in [0, 0.1) is 17.5 Å². The number of nitrogens with zero attached hydrogens (tertiary/aromatic N) is 2. The van der Waals surface area contributed by atoms with E-state index in [-0.39, 0.29) is 44.4 Å². The van der Waals surface area contributed by atoms with E-state index < -0.39 is 39.5 Å². The number of aliphatic hydroxyl groups excluding tert-OH is 1. The summed E-state index contributed by atoms with van der Waals surface area (Å²) in [6, 6.07) is 10.1. The molecule has 11 heteroatoms. The largest absolute Gasteiger partial charge is 0.392 e. The Morgan fingerprint density at radius 3 is 2.26 bits per heavy atom. The van der Waals surface area contributed by atoms with E-state index in [1.165, 1.54) is 54.9 Å². The van der Waals surface area contributed by atoms with Crippen LogP contribution in [0.5, 0.6) is 0 Å². The van der Waals surface area contributed by atoms with E-state index in [2.05, 4.69) is 4.98 Å². The van der Waals surface area contributed by atoms with Gasteiger partial charge in [0.25, 0.3) is 0 Å². The summed E-state index contributed by atoms with van der Waals surface area (Å²) in [5.74, 6) is -1.86. The number of hydrogen-bond donors (Lipinski definition) is 2. The van der Waals surface area contributed by atoms with Crippen LogP contribution in [0.3, 0.4) is 0 Å². The smallest absolute Gasteiger partial charge is 0.176 e. The van der Waals surface area contributed by atoms with Crippen LogP contribution < -0.4 is 0 Å². The molecule has 2 N–H and O–H groups in total. The first-order valence-corrected chi connectivity index (χ1v) is 13.6. The average molecular weight is 565 g/mol. The molecule has 0 spiro atoms. The first kappa shape index (κ1) is 27.8. The molecule has 0 amide bonds. The molecular formula is C27H24ClF3N2O4S. The Kier molecular flexibility index (Phi) is 7.46. The van der Waals surface area contributed by atoms with Crippen LogP contribution in [0.25, 0.3) is 16.8 Å². The van der Waals surface area contributed by atoms with Crippen molar-refractivity contribution < 1.29 is 31.8 Å². The fourth-order valence-corrected chi connectivity index (χ4v) is 5.21. The first-order valence-electron chi connectivity index (χ1n) is 11.4. The lowest BCUT2D eigenvalue weighted by molar-refractivity contribution is 0.0741. The third kappa shape index (κ3) is 5.63. The number of benzene rings is 3. The first-order chi connectivity index (χ1) is 17.7. The summed E-state index contributed by atoms with van der Waals surface area (Å²) in [6.45, 7) is 2.24. The third-order valence-electron chi connectivity index (χ3n) is 6.02. The van der Waals surface area contributed by atoms with Crippen molar-refractivity contribution in [3.63, 3.8) is 0 Å². The molecule has 0 aliphatic heterocycles. The molecule has 200 valence electrons. The molecule has 1 aromatic heterocycles. The molecule has 0 aliphatic rings.